The van der Waals surface area contributed by atoms with Crippen LogP contribution < -0.4 is 5.32 Å². The van der Waals surface area contributed by atoms with Crippen molar-refractivity contribution < 1.29 is 14.3 Å². The van der Waals surface area contributed by atoms with Crippen molar-refractivity contribution in [1.29, 1.82) is 0 Å². The number of esters is 1. The largest absolute Gasteiger partial charge is 0.469 e. The summed E-state index contributed by atoms with van der Waals surface area (Å²) < 4.78 is 6.38. The number of amides is 1. The maximum absolute atomic E-state index is 12.2. The predicted octanol–water partition coefficient (Wildman–Crippen LogP) is 3.19. The third kappa shape index (κ3) is 3.66. The molecule has 2 heterocycles. The number of aryl methyl sites for hydroxylation is 2. The van der Waals surface area contributed by atoms with Crippen molar-refractivity contribution in [3.8, 4) is 0 Å². The van der Waals surface area contributed by atoms with E-state index in [4.69, 9.17) is 4.98 Å². The fraction of sp³-hybridized carbons (Fsp3) is 0.368. The van der Waals surface area contributed by atoms with E-state index >= 15 is 0 Å². The molecule has 3 rings (SSSR count). The van der Waals surface area contributed by atoms with Gasteiger partial charge < -0.3 is 10.1 Å². The van der Waals surface area contributed by atoms with Crippen molar-refractivity contribution in [2.75, 3.05) is 12.4 Å². The van der Waals surface area contributed by atoms with Gasteiger partial charge >= 0.3 is 5.97 Å². The van der Waals surface area contributed by atoms with Crippen LogP contribution in [0.2, 0.25) is 0 Å². The zero-order valence-corrected chi connectivity index (χ0v) is 15.2. The number of aromatic nitrogens is 3. The molecule has 0 radical (unpaired) electrons. The van der Waals surface area contributed by atoms with Gasteiger partial charge in [-0.25, -0.2) is 9.67 Å². The summed E-state index contributed by atoms with van der Waals surface area (Å²) in [6, 6.07) is 8.07. The highest BCUT2D eigenvalue weighted by molar-refractivity contribution is 6.03. The number of pyridine rings is 1. The quantitative estimate of drug-likeness (QED) is 0.687. The topological polar surface area (TPSA) is 86.1 Å². The van der Waals surface area contributed by atoms with E-state index < -0.39 is 5.97 Å². The number of fused-ring (bicyclic) bond motifs is 2. The number of hydrogen-bond acceptors (Lipinski definition) is 5. The van der Waals surface area contributed by atoms with Crippen LogP contribution in [0.15, 0.2) is 24.3 Å². The van der Waals surface area contributed by atoms with Gasteiger partial charge in [0.15, 0.2) is 11.5 Å². The molecule has 7 nitrogen and oxygen atoms in total. The molecule has 0 bridgehead atoms. The molecular formula is C19H22N4O3. The van der Waals surface area contributed by atoms with Gasteiger partial charge in [0, 0.05) is 18.4 Å². The second-order valence-corrected chi connectivity index (χ2v) is 6.25. The Labute approximate surface area is 151 Å². The Morgan fingerprint density at radius 2 is 2.04 bits per heavy atom. The number of benzene rings is 1. The maximum Gasteiger partial charge on any atom is 0.306 e. The summed E-state index contributed by atoms with van der Waals surface area (Å²) in [5, 5.41) is 9.11. The lowest BCUT2D eigenvalue weighted by atomic mass is 10.1. The molecule has 0 fully saturated rings. The van der Waals surface area contributed by atoms with E-state index in [-0.39, 0.29) is 18.7 Å². The first kappa shape index (κ1) is 17.8. The molecule has 0 saturated heterocycles. The lowest BCUT2D eigenvalue weighted by molar-refractivity contribution is -0.141. The number of anilines is 1. The number of nitrogens with one attached hydrogen (secondary N) is 1. The van der Waals surface area contributed by atoms with E-state index in [1.54, 1.807) is 0 Å². The van der Waals surface area contributed by atoms with E-state index in [0.29, 0.717) is 12.4 Å². The Hall–Kier alpha value is -2.96. The zero-order valence-electron chi connectivity index (χ0n) is 15.2. The molecule has 26 heavy (non-hydrogen) atoms. The van der Waals surface area contributed by atoms with Crippen molar-refractivity contribution in [2.24, 2.45) is 0 Å². The highest BCUT2D eigenvalue weighted by atomic mass is 16.5. The fourth-order valence-corrected chi connectivity index (χ4v) is 2.85. The van der Waals surface area contributed by atoms with Gasteiger partial charge in [-0.1, -0.05) is 18.6 Å². The standard InChI is InChI=1S/C19H22N4O3/c1-4-9-23-19-14(11-13-10-12(2)5-6-15(13)20-19)18(22-23)21-16(24)7-8-17(25)26-3/h5-6,10-11H,4,7-9H2,1-3H3,(H,21,22,24). The Bertz CT molecular complexity index is 978. The molecule has 0 unspecified atom stereocenters. The van der Waals surface area contributed by atoms with Gasteiger partial charge in [0.05, 0.1) is 24.4 Å². The maximum atomic E-state index is 12.2. The summed E-state index contributed by atoms with van der Waals surface area (Å²) in [4.78, 5) is 28.1. The predicted molar refractivity (Wildman–Crippen MR) is 99.9 cm³/mol. The molecule has 7 heteroatoms. The summed E-state index contributed by atoms with van der Waals surface area (Å²) >= 11 is 0. The van der Waals surface area contributed by atoms with Crippen molar-refractivity contribution in [3.05, 3.63) is 29.8 Å². The van der Waals surface area contributed by atoms with Gasteiger partial charge in [0.25, 0.3) is 0 Å². The summed E-state index contributed by atoms with van der Waals surface area (Å²) in [6.07, 6.45) is 0.991. The van der Waals surface area contributed by atoms with Crippen LogP contribution >= 0.6 is 0 Å². The molecule has 0 aliphatic heterocycles. The molecule has 1 amide bonds. The Morgan fingerprint density at radius 3 is 2.77 bits per heavy atom. The van der Waals surface area contributed by atoms with Crippen molar-refractivity contribution in [2.45, 2.75) is 39.7 Å². The average molecular weight is 354 g/mol. The second-order valence-electron chi connectivity index (χ2n) is 6.25. The highest BCUT2D eigenvalue weighted by Gasteiger charge is 2.16. The van der Waals surface area contributed by atoms with Crippen LogP contribution in [-0.2, 0) is 20.9 Å². The van der Waals surface area contributed by atoms with Crippen LogP contribution in [0.25, 0.3) is 21.9 Å². The molecule has 0 aliphatic rings. The van der Waals surface area contributed by atoms with Gasteiger partial charge in [-0.05, 0) is 31.5 Å². The minimum absolute atomic E-state index is 0.0380. The van der Waals surface area contributed by atoms with Crippen molar-refractivity contribution >= 4 is 39.6 Å². The molecule has 3 aromatic rings. The van der Waals surface area contributed by atoms with Gasteiger partial charge in [-0.15, -0.1) is 0 Å². The zero-order chi connectivity index (χ0) is 18.7. The third-order valence-electron chi connectivity index (χ3n) is 4.15. The smallest absolute Gasteiger partial charge is 0.306 e. The van der Waals surface area contributed by atoms with Gasteiger partial charge in [0.2, 0.25) is 5.91 Å². The normalized spacial score (nSPS) is 11.0. The number of carbonyl (C=O) groups is 2. The Kier molecular flexibility index (Phi) is 5.16. The summed E-state index contributed by atoms with van der Waals surface area (Å²) in [7, 11) is 1.30. The van der Waals surface area contributed by atoms with E-state index in [1.165, 1.54) is 7.11 Å². The minimum atomic E-state index is -0.412. The molecule has 0 aliphatic carbocycles. The number of rotatable bonds is 6. The van der Waals surface area contributed by atoms with Gasteiger partial charge in [-0.3, -0.25) is 9.59 Å². The number of hydrogen-bond donors (Lipinski definition) is 1. The van der Waals surface area contributed by atoms with E-state index in [9.17, 15) is 9.59 Å². The first-order chi connectivity index (χ1) is 12.5. The second kappa shape index (κ2) is 7.51. The first-order valence-corrected chi connectivity index (χ1v) is 8.66. The molecule has 0 saturated carbocycles. The van der Waals surface area contributed by atoms with Crippen LogP contribution in [0, 0.1) is 6.92 Å². The van der Waals surface area contributed by atoms with E-state index in [2.05, 4.69) is 28.1 Å². The lowest BCUT2D eigenvalue weighted by Gasteiger charge is -2.03. The molecule has 1 N–H and O–H groups in total. The van der Waals surface area contributed by atoms with E-state index in [1.807, 2.05) is 29.8 Å². The number of nitrogens with zero attached hydrogens (tertiary/aromatic N) is 3. The van der Waals surface area contributed by atoms with Crippen LogP contribution in [0.4, 0.5) is 5.82 Å². The van der Waals surface area contributed by atoms with Crippen molar-refractivity contribution in [1.82, 2.24) is 14.8 Å². The molecular weight excluding hydrogens is 332 g/mol. The molecule has 2 aromatic heterocycles. The minimum Gasteiger partial charge on any atom is -0.469 e. The average Bonchev–Trinajstić information content (AvgIpc) is 2.94. The number of carbonyl (C=O) groups excluding carboxylic acids is 2. The van der Waals surface area contributed by atoms with Crippen molar-refractivity contribution in [3.63, 3.8) is 0 Å². The number of ether oxygens (including phenoxy) is 1. The molecule has 136 valence electrons. The SMILES string of the molecule is CCCn1nc(NC(=O)CCC(=O)OC)c2cc3cc(C)ccc3nc21. The lowest BCUT2D eigenvalue weighted by Crippen LogP contribution is -2.14. The number of methoxy groups -OCH3 is 1. The molecule has 0 spiro atoms. The van der Waals surface area contributed by atoms with Crippen LogP contribution in [0.1, 0.15) is 31.7 Å². The third-order valence-corrected chi connectivity index (χ3v) is 4.15. The van der Waals surface area contributed by atoms with Crippen LogP contribution in [0.5, 0.6) is 0 Å². The van der Waals surface area contributed by atoms with Crippen LogP contribution in [-0.4, -0.2) is 33.8 Å². The first-order valence-electron chi connectivity index (χ1n) is 8.66. The monoisotopic (exact) mass is 354 g/mol. The van der Waals surface area contributed by atoms with Gasteiger partial charge in [0.1, 0.15) is 0 Å². The Balaban J connectivity index is 1.98. The fourth-order valence-electron chi connectivity index (χ4n) is 2.85. The van der Waals surface area contributed by atoms with E-state index in [0.717, 1.165) is 33.9 Å². The van der Waals surface area contributed by atoms with Gasteiger partial charge in [-0.2, -0.15) is 5.10 Å². The molecule has 0 atom stereocenters. The highest BCUT2D eigenvalue weighted by Crippen LogP contribution is 2.27. The summed E-state index contributed by atoms with van der Waals surface area (Å²) in [5.74, 6) is -0.216. The summed E-state index contributed by atoms with van der Waals surface area (Å²) in [5.41, 5.74) is 2.78. The molecule has 1 aromatic carbocycles. The summed E-state index contributed by atoms with van der Waals surface area (Å²) in [6.45, 7) is 4.80. The van der Waals surface area contributed by atoms with Crippen LogP contribution in [0.3, 0.4) is 0 Å². The Morgan fingerprint density at radius 1 is 1.23 bits per heavy atom.